The van der Waals surface area contributed by atoms with Crippen molar-refractivity contribution in [2.45, 2.75) is 117 Å². The molecule has 0 saturated heterocycles. The second kappa shape index (κ2) is 13.6. The van der Waals surface area contributed by atoms with E-state index in [0.717, 1.165) is 23.7 Å². The van der Waals surface area contributed by atoms with Gasteiger partial charge in [0.05, 0.1) is 0 Å². The van der Waals surface area contributed by atoms with Crippen LogP contribution in [0.4, 0.5) is 0 Å². The number of rotatable bonds is 11. The minimum atomic E-state index is 0.900. The number of hydrogen-bond donors (Lipinski definition) is 0. The largest absolute Gasteiger partial charge is 0.0888 e. The van der Waals surface area contributed by atoms with Gasteiger partial charge in [-0.2, -0.15) is 0 Å². The minimum absolute atomic E-state index is 0.900. The Kier molecular flexibility index (Phi) is 11.4. The number of unbranched alkanes of at least 4 members (excludes halogenated alkanes) is 2. The Morgan fingerprint density at radius 1 is 0.731 bits per heavy atom. The molecule has 2 unspecified atom stereocenters. The van der Waals surface area contributed by atoms with Crippen LogP contribution in [-0.4, -0.2) is 0 Å². The van der Waals surface area contributed by atoms with E-state index in [9.17, 15) is 0 Å². The summed E-state index contributed by atoms with van der Waals surface area (Å²) in [5.41, 5.74) is 0. The van der Waals surface area contributed by atoms with Crippen LogP contribution >= 0.6 is 0 Å². The normalized spacial score (nSPS) is 30.4. The molecule has 2 rings (SSSR count). The van der Waals surface area contributed by atoms with Crippen LogP contribution in [0.5, 0.6) is 0 Å². The maximum atomic E-state index is 2.55. The third kappa shape index (κ3) is 8.92. The first kappa shape index (κ1) is 21.8. The maximum absolute atomic E-state index is 2.55. The molecule has 2 atom stereocenters. The molecule has 2 aliphatic rings. The van der Waals surface area contributed by atoms with Crippen molar-refractivity contribution in [2.24, 2.45) is 23.7 Å². The Bertz CT molecular complexity index is 383. The summed E-state index contributed by atoms with van der Waals surface area (Å²) in [6.45, 7) is 4.52. The summed E-state index contributed by atoms with van der Waals surface area (Å²) in [4.78, 5) is 0. The van der Waals surface area contributed by atoms with Gasteiger partial charge in [0.2, 0.25) is 0 Å². The van der Waals surface area contributed by atoms with Crippen LogP contribution in [0, 0.1) is 23.7 Å². The third-order valence-electron chi connectivity index (χ3n) is 7.00. The zero-order valence-electron chi connectivity index (χ0n) is 17.9. The van der Waals surface area contributed by atoms with Gasteiger partial charge in [-0.25, -0.2) is 0 Å². The lowest BCUT2D eigenvalue weighted by atomic mass is 9.77. The monoisotopic (exact) mass is 358 g/mol. The molecule has 2 fully saturated rings. The highest BCUT2D eigenvalue weighted by atomic mass is 14.3. The van der Waals surface area contributed by atoms with E-state index in [0.29, 0.717) is 0 Å². The first-order chi connectivity index (χ1) is 12.8. The smallest absolute Gasteiger partial charge is 0.0231 e. The Morgan fingerprint density at radius 3 is 2.19 bits per heavy atom. The molecule has 2 saturated carbocycles. The molecule has 0 nitrogen and oxygen atoms in total. The molecule has 0 bridgehead atoms. The fourth-order valence-electron chi connectivity index (χ4n) is 5.30. The lowest BCUT2D eigenvalue weighted by Gasteiger charge is -2.29. The second-order valence-corrected chi connectivity index (χ2v) is 9.30. The zero-order chi connectivity index (χ0) is 18.5. The lowest BCUT2D eigenvalue weighted by Crippen LogP contribution is -2.15. The van der Waals surface area contributed by atoms with Crippen molar-refractivity contribution in [3.05, 3.63) is 24.3 Å². The van der Waals surface area contributed by atoms with E-state index < -0.39 is 0 Å². The standard InChI is InChI=1S/C26H46/c1-3-5-7-12-23-18-20-24(21-19-23)13-9-10-15-26-17-11-16-25(22-26)14-8-6-4-2/h5,7-8,14,23-26H,3-4,6,9-13,15-22H2,1-2H3/t23-,24-,25?,26?. The van der Waals surface area contributed by atoms with Gasteiger partial charge in [0.15, 0.2) is 0 Å². The Balaban J connectivity index is 1.52. The summed E-state index contributed by atoms with van der Waals surface area (Å²) < 4.78 is 0. The van der Waals surface area contributed by atoms with Crippen molar-refractivity contribution in [1.29, 1.82) is 0 Å². The first-order valence-corrected chi connectivity index (χ1v) is 12.1. The molecule has 0 N–H and O–H groups in total. The average molecular weight is 359 g/mol. The van der Waals surface area contributed by atoms with E-state index >= 15 is 0 Å². The van der Waals surface area contributed by atoms with Gasteiger partial charge in [0, 0.05) is 0 Å². The predicted octanol–water partition coefficient (Wildman–Crippen LogP) is 8.87. The van der Waals surface area contributed by atoms with Crippen molar-refractivity contribution in [3.8, 4) is 0 Å². The van der Waals surface area contributed by atoms with Gasteiger partial charge >= 0.3 is 0 Å². The molecule has 0 aliphatic heterocycles. The molecule has 26 heavy (non-hydrogen) atoms. The van der Waals surface area contributed by atoms with Crippen molar-refractivity contribution in [1.82, 2.24) is 0 Å². The summed E-state index contributed by atoms with van der Waals surface area (Å²) in [6, 6.07) is 0. The van der Waals surface area contributed by atoms with Crippen LogP contribution in [0.2, 0.25) is 0 Å². The van der Waals surface area contributed by atoms with Gasteiger partial charge in [0.25, 0.3) is 0 Å². The highest BCUT2D eigenvalue weighted by Crippen LogP contribution is 2.36. The van der Waals surface area contributed by atoms with E-state index in [1.165, 1.54) is 103 Å². The van der Waals surface area contributed by atoms with Gasteiger partial charge < -0.3 is 0 Å². The quantitative estimate of drug-likeness (QED) is 0.255. The topological polar surface area (TPSA) is 0 Å². The molecule has 0 heteroatoms. The summed E-state index contributed by atoms with van der Waals surface area (Å²) >= 11 is 0. The van der Waals surface area contributed by atoms with Gasteiger partial charge in [-0.15, -0.1) is 0 Å². The maximum Gasteiger partial charge on any atom is -0.0231 e. The van der Waals surface area contributed by atoms with Crippen molar-refractivity contribution < 1.29 is 0 Å². The van der Waals surface area contributed by atoms with E-state index in [1.807, 2.05) is 0 Å². The van der Waals surface area contributed by atoms with E-state index in [2.05, 4.69) is 38.2 Å². The highest BCUT2D eigenvalue weighted by molar-refractivity contribution is 4.91. The van der Waals surface area contributed by atoms with Crippen molar-refractivity contribution >= 4 is 0 Å². The van der Waals surface area contributed by atoms with Gasteiger partial charge in [-0.1, -0.05) is 95.9 Å². The Hall–Kier alpha value is -0.520. The Morgan fingerprint density at radius 2 is 1.46 bits per heavy atom. The summed E-state index contributed by atoms with van der Waals surface area (Å²) in [5, 5.41) is 0. The fourth-order valence-corrected chi connectivity index (χ4v) is 5.30. The fraction of sp³-hybridized carbons (Fsp3) is 0.846. The first-order valence-electron chi connectivity index (χ1n) is 12.1. The Labute approximate surface area is 164 Å². The molecule has 2 aliphatic carbocycles. The molecule has 0 amide bonds. The van der Waals surface area contributed by atoms with Crippen molar-refractivity contribution in [3.63, 3.8) is 0 Å². The highest BCUT2D eigenvalue weighted by Gasteiger charge is 2.21. The molecule has 150 valence electrons. The van der Waals surface area contributed by atoms with Crippen LogP contribution in [0.3, 0.4) is 0 Å². The van der Waals surface area contributed by atoms with E-state index in [4.69, 9.17) is 0 Å². The SMILES string of the molecule is CCC=CC[C@H]1CC[C@H](CCCCC2CCCC(C=CCCC)C2)CC1. The van der Waals surface area contributed by atoms with Crippen LogP contribution in [0.25, 0.3) is 0 Å². The molecule has 0 spiro atoms. The predicted molar refractivity (Wildman–Crippen MR) is 117 cm³/mol. The van der Waals surface area contributed by atoms with Crippen LogP contribution in [0.15, 0.2) is 24.3 Å². The zero-order valence-corrected chi connectivity index (χ0v) is 17.9. The molecule has 0 aromatic heterocycles. The lowest BCUT2D eigenvalue weighted by molar-refractivity contribution is 0.250. The molecule has 0 aromatic rings. The molecular formula is C26H46. The van der Waals surface area contributed by atoms with Crippen LogP contribution in [0.1, 0.15) is 117 Å². The summed E-state index contributed by atoms with van der Waals surface area (Å²) in [6.07, 6.45) is 32.8. The van der Waals surface area contributed by atoms with Crippen LogP contribution in [-0.2, 0) is 0 Å². The molecule has 0 radical (unpaired) electrons. The number of hydrogen-bond acceptors (Lipinski definition) is 0. The summed E-state index contributed by atoms with van der Waals surface area (Å²) in [7, 11) is 0. The van der Waals surface area contributed by atoms with Crippen LogP contribution < -0.4 is 0 Å². The molecular weight excluding hydrogens is 312 g/mol. The molecule has 0 heterocycles. The molecule has 0 aromatic carbocycles. The van der Waals surface area contributed by atoms with Gasteiger partial charge in [-0.05, 0) is 68.6 Å². The van der Waals surface area contributed by atoms with Gasteiger partial charge in [0.1, 0.15) is 0 Å². The van der Waals surface area contributed by atoms with E-state index in [1.54, 1.807) is 0 Å². The second-order valence-electron chi connectivity index (χ2n) is 9.30. The third-order valence-corrected chi connectivity index (χ3v) is 7.00. The number of allylic oxidation sites excluding steroid dienone is 4. The van der Waals surface area contributed by atoms with Gasteiger partial charge in [-0.3, -0.25) is 0 Å². The average Bonchev–Trinajstić information content (AvgIpc) is 2.67. The van der Waals surface area contributed by atoms with Crippen molar-refractivity contribution in [2.75, 3.05) is 0 Å². The minimum Gasteiger partial charge on any atom is -0.0888 e. The van der Waals surface area contributed by atoms with E-state index in [-0.39, 0.29) is 0 Å². The summed E-state index contributed by atoms with van der Waals surface area (Å²) in [5.74, 6) is 3.98.